The first-order valence-electron chi connectivity index (χ1n) is 8.46. The molecule has 0 aliphatic carbocycles. The monoisotopic (exact) mass is 357 g/mol. The molecule has 0 amide bonds. The summed E-state index contributed by atoms with van der Waals surface area (Å²) in [5, 5.41) is 10.7. The number of nitrogens with zero attached hydrogens (tertiary/aromatic N) is 3. The maximum atomic E-state index is 10.3. The molecule has 130 valence electrons. The Labute approximate surface area is 151 Å². The minimum Gasteiger partial charge on any atom is -0.507 e. The van der Waals surface area contributed by atoms with E-state index in [1.165, 1.54) is 38.1 Å². The molecular formula is C19H20ClN3O2. The number of imidazole rings is 1. The molecule has 25 heavy (non-hydrogen) atoms. The summed E-state index contributed by atoms with van der Waals surface area (Å²) in [4.78, 5) is 7.08. The van der Waals surface area contributed by atoms with Gasteiger partial charge in [0.2, 0.25) is 0 Å². The Morgan fingerprint density at radius 2 is 1.96 bits per heavy atom. The fourth-order valence-corrected chi connectivity index (χ4v) is 3.59. The van der Waals surface area contributed by atoms with E-state index in [-0.39, 0.29) is 5.75 Å². The van der Waals surface area contributed by atoms with Crippen molar-refractivity contribution in [1.29, 1.82) is 0 Å². The van der Waals surface area contributed by atoms with Crippen molar-refractivity contribution >= 4 is 22.9 Å². The van der Waals surface area contributed by atoms with Gasteiger partial charge < -0.3 is 19.1 Å². The number of anilines is 1. The number of ether oxygens (including phenoxy) is 1. The zero-order chi connectivity index (χ0) is 17.4. The Balaban J connectivity index is 1.73. The van der Waals surface area contributed by atoms with Gasteiger partial charge in [-0.25, -0.2) is 4.98 Å². The Morgan fingerprint density at radius 3 is 2.72 bits per heavy atom. The number of methoxy groups -OCH3 is 1. The van der Waals surface area contributed by atoms with E-state index in [9.17, 15) is 5.11 Å². The molecule has 3 aromatic rings. The van der Waals surface area contributed by atoms with E-state index in [0.717, 1.165) is 18.7 Å². The van der Waals surface area contributed by atoms with E-state index < -0.39 is 0 Å². The molecule has 1 aliphatic heterocycles. The lowest BCUT2D eigenvalue weighted by atomic mass is 10.1. The largest absolute Gasteiger partial charge is 0.507 e. The van der Waals surface area contributed by atoms with Crippen LogP contribution in [0.5, 0.6) is 11.5 Å². The number of piperidine rings is 1. The molecule has 0 saturated carbocycles. The van der Waals surface area contributed by atoms with Gasteiger partial charge in [-0.05, 0) is 31.4 Å². The molecule has 4 rings (SSSR count). The van der Waals surface area contributed by atoms with Gasteiger partial charge in [0.15, 0.2) is 0 Å². The van der Waals surface area contributed by atoms with Crippen molar-refractivity contribution in [2.45, 2.75) is 19.3 Å². The third-order valence-electron chi connectivity index (χ3n) is 4.71. The summed E-state index contributed by atoms with van der Waals surface area (Å²) < 4.78 is 7.09. The molecule has 0 radical (unpaired) electrons. The standard InChI is InChI=1S/C19H20ClN3O2/c1-25-18-11-17(24)14(10-15(18)20)16-12-23-8-5-13(9-19(23)21-16)22-6-3-2-4-7-22/h5,8-12,24H,2-4,6-7H2,1H3. The molecule has 6 heteroatoms. The third kappa shape index (κ3) is 3.00. The van der Waals surface area contributed by atoms with E-state index in [2.05, 4.69) is 22.0 Å². The topological polar surface area (TPSA) is 50.0 Å². The average Bonchev–Trinajstić information content (AvgIpc) is 3.07. The summed E-state index contributed by atoms with van der Waals surface area (Å²) in [6.45, 7) is 2.19. The second-order valence-corrected chi connectivity index (χ2v) is 6.74. The molecule has 0 unspecified atom stereocenters. The molecule has 1 N–H and O–H groups in total. The van der Waals surface area contributed by atoms with Crippen LogP contribution in [0.4, 0.5) is 5.69 Å². The summed E-state index contributed by atoms with van der Waals surface area (Å²) in [6, 6.07) is 7.41. The lowest BCUT2D eigenvalue weighted by Crippen LogP contribution is -2.29. The number of aromatic hydroxyl groups is 1. The number of hydrogen-bond donors (Lipinski definition) is 1. The zero-order valence-electron chi connectivity index (χ0n) is 14.1. The molecule has 2 aromatic heterocycles. The first-order chi connectivity index (χ1) is 12.2. The number of phenols is 1. The van der Waals surface area contributed by atoms with E-state index in [4.69, 9.17) is 16.3 Å². The maximum Gasteiger partial charge on any atom is 0.141 e. The van der Waals surface area contributed by atoms with Crippen LogP contribution in [0.25, 0.3) is 16.9 Å². The summed E-state index contributed by atoms with van der Waals surface area (Å²) in [5.74, 6) is 0.542. The van der Waals surface area contributed by atoms with Crippen LogP contribution in [-0.2, 0) is 0 Å². The first-order valence-corrected chi connectivity index (χ1v) is 8.84. The Morgan fingerprint density at radius 1 is 1.16 bits per heavy atom. The predicted octanol–water partition coefficient (Wildman–Crippen LogP) is 4.36. The highest BCUT2D eigenvalue weighted by Gasteiger charge is 2.15. The van der Waals surface area contributed by atoms with Crippen LogP contribution in [0.1, 0.15) is 19.3 Å². The highest BCUT2D eigenvalue weighted by Crippen LogP contribution is 2.37. The molecule has 1 aliphatic rings. The van der Waals surface area contributed by atoms with E-state index >= 15 is 0 Å². The quantitative estimate of drug-likeness (QED) is 0.756. The van der Waals surface area contributed by atoms with Crippen LogP contribution >= 0.6 is 11.6 Å². The summed E-state index contributed by atoms with van der Waals surface area (Å²) in [7, 11) is 1.52. The van der Waals surface area contributed by atoms with Gasteiger partial charge >= 0.3 is 0 Å². The highest BCUT2D eigenvalue weighted by atomic mass is 35.5. The molecule has 0 atom stereocenters. The second-order valence-electron chi connectivity index (χ2n) is 6.33. The number of benzene rings is 1. The number of rotatable bonds is 3. The van der Waals surface area contributed by atoms with Crippen molar-refractivity contribution in [1.82, 2.24) is 9.38 Å². The number of aromatic nitrogens is 2. The smallest absolute Gasteiger partial charge is 0.141 e. The second kappa shape index (κ2) is 6.48. The van der Waals surface area contributed by atoms with Crippen LogP contribution in [0.15, 0.2) is 36.7 Å². The van der Waals surface area contributed by atoms with Crippen LogP contribution in [0, 0.1) is 0 Å². The van der Waals surface area contributed by atoms with Gasteiger partial charge in [0.1, 0.15) is 17.1 Å². The maximum absolute atomic E-state index is 10.3. The molecule has 3 heterocycles. The van der Waals surface area contributed by atoms with Crippen LogP contribution in [0.3, 0.4) is 0 Å². The number of pyridine rings is 1. The van der Waals surface area contributed by atoms with Gasteiger partial charge in [0.05, 0.1) is 17.8 Å². The van der Waals surface area contributed by atoms with Gasteiger partial charge in [-0.3, -0.25) is 0 Å². The van der Waals surface area contributed by atoms with Crippen molar-refractivity contribution in [3.63, 3.8) is 0 Å². The van der Waals surface area contributed by atoms with Crippen molar-refractivity contribution in [3.8, 4) is 22.8 Å². The fraction of sp³-hybridized carbons (Fsp3) is 0.316. The van der Waals surface area contributed by atoms with Crippen molar-refractivity contribution in [2.75, 3.05) is 25.1 Å². The third-order valence-corrected chi connectivity index (χ3v) is 5.01. The van der Waals surface area contributed by atoms with Crippen LogP contribution in [0.2, 0.25) is 5.02 Å². The molecular weight excluding hydrogens is 338 g/mol. The van der Waals surface area contributed by atoms with E-state index in [0.29, 0.717) is 22.0 Å². The number of fused-ring (bicyclic) bond motifs is 1. The van der Waals surface area contributed by atoms with Crippen molar-refractivity contribution in [3.05, 3.63) is 41.7 Å². The van der Waals surface area contributed by atoms with Gasteiger partial charge in [-0.1, -0.05) is 11.6 Å². The van der Waals surface area contributed by atoms with E-state index in [1.54, 1.807) is 6.07 Å². The van der Waals surface area contributed by atoms with Crippen molar-refractivity contribution in [2.24, 2.45) is 0 Å². The lowest BCUT2D eigenvalue weighted by Gasteiger charge is -2.28. The Bertz CT molecular complexity index is 916. The van der Waals surface area contributed by atoms with E-state index in [1.807, 2.05) is 16.8 Å². The minimum absolute atomic E-state index is 0.0981. The molecule has 5 nitrogen and oxygen atoms in total. The minimum atomic E-state index is 0.0981. The fourth-order valence-electron chi connectivity index (χ4n) is 3.35. The zero-order valence-corrected chi connectivity index (χ0v) is 14.8. The summed E-state index contributed by atoms with van der Waals surface area (Å²) in [5.41, 5.74) is 3.32. The van der Waals surface area contributed by atoms with Crippen LogP contribution in [-0.4, -0.2) is 34.7 Å². The SMILES string of the molecule is COc1cc(O)c(-c2cn3ccc(N4CCCCC4)cc3n2)cc1Cl. The van der Waals surface area contributed by atoms with Crippen molar-refractivity contribution < 1.29 is 9.84 Å². The molecule has 0 spiro atoms. The van der Waals surface area contributed by atoms with Crippen LogP contribution < -0.4 is 9.64 Å². The predicted molar refractivity (Wildman–Crippen MR) is 99.9 cm³/mol. The molecule has 0 bridgehead atoms. The molecule has 1 aromatic carbocycles. The van der Waals surface area contributed by atoms with Gasteiger partial charge in [0.25, 0.3) is 0 Å². The molecule has 1 saturated heterocycles. The Kier molecular flexibility index (Phi) is 4.17. The first kappa shape index (κ1) is 16.1. The van der Waals surface area contributed by atoms with Gasteiger partial charge in [-0.15, -0.1) is 0 Å². The average molecular weight is 358 g/mol. The number of hydrogen-bond acceptors (Lipinski definition) is 4. The number of halogens is 1. The number of phenolic OH excluding ortho intramolecular Hbond substituents is 1. The molecule has 1 fully saturated rings. The highest BCUT2D eigenvalue weighted by molar-refractivity contribution is 6.32. The summed E-state index contributed by atoms with van der Waals surface area (Å²) >= 11 is 6.20. The Hall–Kier alpha value is -2.40. The normalized spacial score (nSPS) is 14.9. The van der Waals surface area contributed by atoms with Gasteiger partial charge in [-0.2, -0.15) is 0 Å². The summed E-state index contributed by atoms with van der Waals surface area (Å²) in [6.07, 6.45) is 7.70. The van der Waals surface area contributed by atoms with Gasteiger partial charge in [0, 0.05) is 48.9 Å². The lowest BCUT2D eigenvalue weighted by molar-refractivity contribution is 0.408.